The standard InChI is InChI=1S/C14H19N3O/c1-9(2)10-5-7-17-12(8-10)14(18)16-11-4-3-6-15-13(11)17/h3-4,6,9-10,12H,5,7-8H2,1-2H3,(H,16,18). The molecular weight excluding hydrogens is 226 g/mol. The summed E-state index contributed by atoms with van der Waals surface area (Å²) in [6.07, 6.45) is 3.89. The van der Waals surface area contributed by atoms with Gasteiger partial charge in [0.1, 0.15) is 6.04 Å². The molecule has 0 saturated carbocycles. The Morgan fingerprint density at radius 3 is 3.11 bits per heavy atom. The van der Waals surface area contributed by atoms with Crippen molar-refractivity contribution >= 4 is 17.4 Å². The summed E-state index contributed by atoms with van der Waals surface area (Å²) >= 11 is 0. The molecule has 0 bridgehead atoms. The molecule has 96 valence electrons. The number of fused-ring (bicyclic) bond motifs is 3. The largest absolute Gasteiger partial charge is 0.343 e. The number of carbonyl (C=O) groups is 1. The maximum atomic E-state index is 12.2. The lowest BCUT2D eigenvalue weighted by Gasteiger charge is -2.43. The first-order valence-electron chi connectivity index (χ1n) is 6.69. The van der Waals surface area contributed by atoms with E-state index in [1.54, 1.807) is 6.20 Å². The van der Waals surface area contributed by atoms with Gasteiger partial charge in [-0.1, -0.05) is 13.8 Å². The van der Waals surface area contributed by atoms with Crippen LogP contribution >= 0.6 is 0 Å². The molecule has 4 heteroatoms. The second-order valence-electron chi connectivity index (χ2n) is 5.60. The zero-order valence-electron chi connectivity index (χ0n) is 10.9. The number of carbonyl (C=O) groups excluding carboxylic acids is 1. The van der Waals surface area contributed by atoms with Crippen molar-refractivity contribution in [2.45, 2.75) is 32.7 Å². The van der Waals surface area contributed by atoms with Gasteiger partial charge in [-0.25, -0.2) is 4.98 Å². The van der Waals surface area contributed by atoms with E-state index in [2.05, 4.69) is 29.0 Å². The smallest absolute Gasteiger partial charge is 0.247 e. The molecule has 18 heavy (non-hydrogen) atoms. The number of pyridine rings is 1. The highest BCUT2D eigenvalue weighted by atomic mass is 16.2. The van der Waals surface area contributed by atoms with Gasteiger partial charge in [-0.3, -0.25) is 4.79 Å². The van der Waals surface area contributed by atoms with Gasteiger partial charge in [0.2, 0.25) is 5.91 Å². The van der Waals surface area contributed by atoms with Gasteiger partial charge in [-0.2, -0.15) is 0 Å². The Labute approximate surface area is 107 Å². The van der Waals surface area contributed by atoms with E-state index in [9.17, 15) is 4.79 Å². The van der Waals surface area contributed by atoms with Crippen LogP contribution in [0.5, 0.6) is 0 Å². The van der Waals surface area contributed by atoms with Gasteiger partial charge in [0.05, 0.1) is 5.69 Å². The highest BCUT2D eigenvalue weighted by Crippen LogP contribution is 2.37. The average molecular weight is 245 g/mol. The van der Waals surface area contributed by atoms with Crippen molar-refractivity contribution in [3.8, 4) is 0 Å². The molecule has 3 rings (SSSR count). The number of hydrogen-bond acceptors (Lipinski definition) is 3. The van der Waals surface area contributed by atoms with Crippen LogP contribution in [-0.2, 0) is 4.79 Å². The predicted molar refractivity (Wildman–Crippen MR) is 71.6 cm³/mol. The van der Waals surface area contributed by atoms with Crippen LogP contribution in [0.25, 0.3) is 0 Å². The minimum Gasteiger partial charge on any atom is -0.343 e. The Bertz CT molecular complexity index is 472. The third-order valence-electron chi connectivity index (χ3n) is 4.21. The Morgan fingerprint density at radius 1 is 1.50 bits per heavy atom. The lowest BCUT2D eigenvalue weighted by Crippen LogP contribution is -2.53. The maximum Gasteiger partial charge on any atom is 0.247 e. The first-order chi connectivity index (χ1) is 8.66. The fraction of sp³-hybridized carbons (Fsp3) is 0.571. The van der Waals surface area contributed by atoms with Gasteiger partial charge < -0.3 is 10.2 Å². The highest BCUT2D eigenvalue weighted by molar-refractivity contribution is 6.02. The van der Waals surface area contributed by atoms with Crippen molar-refractivity contribution in [1.29, 1.82) is 0 Å². The van der Waals surface area contributed by atoms with E-state index < -0.39 is 0 Å². The molecule has 2 atom stereocenters. The molecule has 1 fully saturated rings. The zero-order valence-corrected chi connectivity index (χ0v) is 10.9. The molecular formula is C14H19N3O. The molecule has 0 aromatic carbocycles. The van der Waals surface area contributed by atoms with E-state index in [0.29, 0.717) is 11.8 Å². The van der Waals surface area contributed by atoms with Gasteiger partial charge in [-0.05, 0) is 36.8 Å². The minimum absolute atomic E-state index is 0.0338. The molecule has 1 N–H and O–H groups in total. The lowest BCUT2D eigenvalue weighted by atomic mass is 9.82. The van der Waals surface area contributed by atoms with E-state index >= 15 is 0 Å². The normalized spacial score (nSPS) is 26.6. The van der Waals surface area contributed by atoms with Crippen LogP contribution in [0.3, 0.4) is 0 Å². The van der Waals surface area contributed by atoms with E-state index in [1.165, 1.54) is 0 Å². The molecule has 0 radical (unpaired) electrons. The summed E-state index contributed by atoms with van der Waals surface area (Å²) < 4.78 is 0. The van der Waals surface area contributed by atoms with Gasteiger partial charge in [0, 0.05) is 12.7 Å². The van der Waals surface area contributed by atoms with Gasteiger partial charge in [0.15, 0.2) is 5.82 Å². The Balaban J connectivity index is 1.91. The second-order valence-corrected chi connectivity index (χ2v) is 5.60. The van der Waals surface area contributed by atoms with Crippen molar-refractivity contribution < 1.29 is 4.79 Å². The zero-order chi connectivity index (χ0) is 12.7. The lowest BCUT2D eigenvalue weighted by molar-refractivity contribution is -0.118. The number of amides is 1. The molecule has 4 nitrogen and oxygen atoms in total. The molecule has 3 heterocycles. The summed E-state index contributed by atoms with van der Waals surface area (Å²) in [7, 11) is 0. The van der Waals surface area contributed by atoms with Crippen LogP contribution in [0.15, 0.2) is 18.3 Å². The Morgan fingerprint density at radius 2 is 2.33 bits per heavy atom. The van der Waals surface area contributed by atoms with Gasteiger partial charge in [-0.15, -0.1) is 0 Å². The fourth-order valence-electron chi connectivity index (χ4n) is 3.04. The molecule has 2 aliphatic rings. The molecule has 2 unspecified atom stereocenters. The first kappa shape index (κ1) is 11.5. The summed E-state index contributed by atoms with van der Waals surface area (Å²) in [4.78, 5) is 18.8. The Kier molecular flexibility index (Phi) is 2.73. The maximum absolute atomic E-state index is 12.2. The monoisotopic (exact) mass is 245 g/mol. The summed E-state index contributed by atoms with van der Waals surface area (Å²) in [5.74, 6) is 2.34. The highest BCUT2D eigenvalue weighted by Gasteiger charge is 2.39. The Hall–Kier alpha value is -1.58. The number of nitrogens with zero attached hydrogens (tertiary/aromatic N) is 2. The molecule has 1 saturated heterocycles. The van der Waals surface area contributed by atoms with Gasteiger partial charge >= 0.3 is 0 Å². The number of nitrogens with one attached hydrogen (secondary N) is 1. The first-order valence-corrected chi connectivity index (χ1v) is 6.69. The van der Waals surface area contributed by atoms with Crippen LogP contribution in [0.1, 0.15) is 26.7 Å². The number of rotatable bonds is 1. The van der Waals surface area contributed by atoms with Gasteiger partial charge in [0.25, 0.3) is 0 Å². The van der Waals surface area contributed by atoms with Crippen molar-refractivity contribution in [1.82, 2.24) is 4.98 Å². The molecule has 2 aliphatic heterocycles. The van der Waals surface area contributed by atoms with Crippen LogP contribution in [0, 0.1) is 11.8 Å². The summed E-state index contributed by atoms with van der Waals surface area (Å²) in [5.41, 5.74) is 0.849. The average Bonchev–Trinajstić information content (AvgIpc) is 2.38. The number of hydrogen-bond donors (Lipinski definition) is 1. The van der Waals surface area contributed by atoms with Crippen LogP contribution in [0.2, 0.25) is 0 Å². The quantitative estimate of drug-likeness (QED) is 0.825. The fourth-order valence-corrected chi connectivity index (χ4v) is 3.04. The van der Waals surface area contributed by atoms with E-state index in [0.717, 1.165) is 30.9 Å². The summed E-state index contributed by atoms with van der Waals surface area (Å²) in [6.45, 7) is 5.42. The molecule has 1 amide bonds. The summed E-state index contributed by atoms with van der Waals surface area (Å²) in [6, 6.07) is 3.75. The third-order valence-corrected chi connectivity index (χ3v) is 4.21. The number of anilines is 2. The predicted octanol–water partition coefficient (Wildman–Crippen LogP) is 2.27. The van der Waals surface area contributed by atoms with E-state index in [4.69, 9.17) is 0 Å². The third kappa shape index (κ3) is 1.76. The molecule has 1 aromatic rings. The number of piperidine rings is 1. The topological polar surface area (TPSA) is 45.2 Å². The van der Waals surface area contributed by atoms with Crippen LogP contribution < -0.4 is 10.2 Å². The van der Waals surface area contributed by atoms with Crippen molar-refractivity contribution in [2.24, 2.45) is 11.8 Å². The second kappa shape index (κ2) is 4.26. The summed E-state index contributed by atoms with van der Waals surface area (Å²) in [5, 5.41) is 2.98. The van der Waals surface area contributed by atoms with Crippen molar-refractivity contribution in [3.05, 3.63) is 18.3 Å². The molecule has 0 spiro atoms. The van der Waals surface area contributed by atoms with Crippen molar-refractivity contribution in [3.63, 3.8) is 0 Å². The van der Waals surface area contributed by atoms with Crippen LogP contribution in [0.4, 0.5) is 11.5 Å². The van der Waals surface area contributed by atoms with E-state index in [1.807, 2.05) is 12.1 Å². The van der Waals surface area contributed by atoms with Crippen molar-refractivity contribution in [2.75, 3.05) is 16.8 Å². The van der Waals surface area contributed by atoms with E-state index in [-0.39, 0.29) is 11.9 Å². The molecule has 1 aromatic heterocycles. The van der Waals surface area contributed by atoms with Crippen LogP contribution in [-0.4, -0.2) is 23.5 Å². The SMILES string of the molecule is CC(C)C1CCN2c3ncccc3NC(=O)C2C1. The minimum atomic E-state index is -0.0338. The molecule has 0 aliphatic carbocycles. The number of aromatic nitrogens is 1.